The Morgan fingerprint density at radius 3 is 2.89 bits per heavy atom. The van der Waals surface area contributed by atoms with Crippen molar-refractivity contribution in [1.82, 2.24) is 29.5 Å². The van der Waals surface area contributed by atoms with Crippen LogP contribution in [-0.4, -0.2) is 46.8 Å². The summed E-state index contributed by atoms with van der Waals surface area (Å²) in [4.78, 5) is 8.20. The number of aliphatic hydroxyl groups excluding tert-OH is 1. The summed E-state index contributed by atoms with van der Waals surface area (Å²) in [5.74, 6) is 1.61. The summed E-state index contributed by atoms with van der Waals surface area (Å²) >= 11 is 0. The van der Waals surface area contributed by atoms with Gasteiger partial charge in [-0.15, -0.1) is 5.10 Å². The fourth-order valence-corrected chi connectivity index (χ4v) is 4.07. The molecule has 3 aromatic heterocycles. The number of fused-ring (bicyclic) bond motifs is 1. The molecule has 0 amide bonds. The van der Waals surface area contributed by atoms with Gasteiger partial charge < -0.3 is 15.8 Å². The maximum absolute atomic E-state index is 10.3. The van der Waals surface area contributed by atoms with E-state index in [2.05, 4.69) is 16.1 Å². The first kappa shape index (κ1) is 17.2. The smallest absolute Gasteiger partial charge is 0.183 e. The number of hydrogen-bond acceptors (Lipinski definition) is 5. The van der Waals surface area contributed by atoms with Crippen LogP contribution in [0.3, 0.4) is 0 Å². The van der Waals surface area contributed by atoms with Crippen LogP contribution in [0.5, 0.6) is 0 Å². The molecule has 4 N–H and O–H groups in total. The number of nitrogens with zero attached hydrogens (tertiary/aromatic N) is 5. The van der Waals surface area contributed by atoms with Gasteiger partial charge in [0.2, 0.25) is 0 Å². The van der Waals surface area contributed by atoms with Gasteiger partial charge in [-0.25, -0.2) is 9.67 Å². The SMILES string of the molecule is Cn1cc(-n2nc(-c3c[nH]c4ccccc34)nc2[C@H]2CC[C@@H](N)[C@H](O)C2)cn1. The second-order valence-electron chi connectivity index (χ2n) is 7.57. The van der Waals surface area contributed by atoms with Crippen molar-refractivity contribution in [3.05, 3.63) is 48.7 Å². The molecular formula is C20H23N7O. The molecule has 3 atom stereocenters. The van der Waals surface area contributed by atoms with E-state index in [1.165, 1.54) is 0 Å². The first-order chi connectivity index (χ1) is 13.6. The monoisotopic (exact) mass is 377 g/mol. The zero-order chi connectivity index (χ0) is 19.3. The Kier molecular flexibility index (Phi) is 4.03. The first-order valence-electron chi connectivity index (χ1n) is 9.56. The van der Waals surface area contributed by atoms with Crippen molar-refractivity contribution in [2.24, 2.45) is 12.8 Å². The molecule has 8 nitrogen and oxygen atoms in total. The molecule has 0 unspecified atom stereocenters. The lowest BCUT2D eigenvalue weighted by Gasteiger charge is -2.30. The molecule has 0 aliphatic heterocycles. The van der Waals surface area contributed by atoms with Crippen molar-refractivity contribution in [3.63, 3.8) is 0 Å². The minimum absolute atomic E-state index is 0.0986. The van der Waals surface area contributed by atoms with Gasteiger partial charge >= 0.3 is 0 Å². The van der Waals surface area contributed by atoms with Crippen molar-refractivity contribution in [1.29, 1.82) is 0 Å². The van der Waals surface area contributed by atoms with Crippen LogP contribution in [0.1, 0.15) is 31.0 Å². The first-order valence-corrected chi connectivity index (χ1v) is 9.56. The largest absolute Gasteiger partial charge is 0.391 e. The summed E-state index contributed by atoms with van der Waals surface area (Å²) < 4.78 is 3.61. The van der Waals surface area contributed by atoms with Crippen molar-refractivity contribution in [2.45, 2.75) is 37.3 Å². The molecule has 3 heterocycles. The molecule has 28 heavy (non-hydrogen) atoms. The number of aromatic amines is 1. The lowest BCUT2D eigenvalue weighted by atomic mass is 9.84. The third-order valence-corrected chi connectivity index (χ3v) is 5.63. The van der Waals surface area contributed by atoms with Gasteiger partial charge in [0.05, 0.1) is 18.5 Å². The molecule has 1 aliphatic rings. The van der Waals surface area contributed by atoms with Gasteiger partial charge in [0, 0.05) is 41.7 Å². The third kappa shape index (κ3) is 2.81. The Hall–Kier alpha value is -2.97. The van der Waals surface area contributed by atoms with Crippen molar-refractivity contribution >= 4 is 10.9 Å². The Morgan fingerprint density at radius 2 is 2.11 bits per heavy atom. The maximum atomic E-state index is 10.3. The molecule has 0 spiro atoms. The van der Waals surface area contributed by atoms with E-state index in [4.69, 9.17) is 15.8 Å². The van der Waals surface area contributed by atoms with E-state index in [0.717, 1.165) is 40.8 Å². The standard InChI is InChI=1S/C20H23N7O/c1-26-11-13(9-23-26)27-20(12-6-7-16(21)18(28)8-12)24-19(25-27)15-10-22-17-5-3-2-4-14(15)17/h2-5,9-12,16,18,22,28H,6-8,21H2,1H3/t12-,16+,18+/m0/s1. The zero-order valence-corrected chi connectivity index (χ0v) is 15.7. The van der Waals surface area contributed by atoms with Crippen molar-refractivity contribution in [2.75, 3.05) is 0 Å². The van der Waals surface area contributed by atoms with E-state index in [-0.39, 0.29) is 12.0 Å². The molecule has 0 bridgehead atoms. The molecular weight excluding hydrogens is 354 g/mol. The molecule has 1 aliphatic carbocycles. The van der Waals surface area contributed by atoms with Gasteiger partial charge in [0.25, 0.3) is 0 Å². The number of aryl methyl sites for hydroxylation is 1. The Bertz CT molecular complexity index is 1120. The number of hydrogen-bond donors (Lipinski definition) is 3. The number of rotatable bonds is 3. The molecule has 5 rings (SSSR count). The van der Waals surface area contributed by atoms with E-state index >= 15 is 0 Å². The fourth-order valence-electron chi connectivity index (χ4n) is 4.07. The highest BCUT2D eigenvalue weighted by Gasteiger charge is 2.32. The minimum atomic E-state index is -0.519. The second kappa shape index (κ2) is 6.57. The Labute approximate surface area is 162 Å². The van der Waals surface area contributed by atoms with Crippen LogP contribution in [-0.2, 0) is 7.05 Å². The van der Waals surface area contributed by atoms with Crippen molar-refractivity contribution < 1.29 is 5.11 Å². The van der Waals surface area contributed by atoms with E-state index in [0.29, 0.717) is 12.2 Å². The lowest BCUT2D eigenvalue weighted by Crippen LogP contribution is -2.40. The summed E-state index contributed by atoms with van der Waals surface area (Å²) in [7, 11) is 1.88. The molecule has 144 valence electrons. The van der Waals surface area contributed by atoms with Gasteiger partial charge in [-0.3, -0.25) is 4.68 Å². The van der Waals surface area contributed by atoms with Gasteiger partial charge in [0.1, 0.15) is 11.5 Å². The fraction of sp³-hybridized carbons (Fsp3) is 0.350. The van der Waals surface area contributed by atoms with Crippen LogP contribution in [0.2, 0.25) is 0 Å². The molecule has 1 saturated carbocycles. The van der Waals surface area contributed by atoms with Gasteiger partial charge in [-0.05, 0) is 25.3 Å². The average Bonchev–Trinajstić information content (AvgIpc) is 3.41. The van der Waals surface area contributed by atoms with E-state index in [9.17, 15) is 5.11 Å². The lowest BCUT2D eigenvalue weighted by molar-refractivity contribution is 0.0961. The molecule has 8 heteroatoms. The Morgan fingerprint density at radius 1 is 1.25 bits per heavy atom. The molecule has 0 saturated heterocycles. The number of nitrogens with two attached hydrogens (primary N) is 1. The topological polar surface area (TPSA) is 111 Å². The number of H-pyrrole nitrogens is 1. The predicted octanol–water partition coefficient (Wildman–Crippen LogP) is 2.10. The quantitative estimate of drug-likeness (QED) is 0.506. The molecule has 0 radical (unpaired) electrons. The number of benzene rings is 1. The summed E-state index contributed by atoms with van der Waals surface area (Å²) in [6.45, 7) is 0. The number of nitrogens with one attached hydrogen (secondary N) is 1. The zero-order valence-electron chi connectivity index (χ0n) is 15.7. The van der Waals surface area contributed by atoms with Crippen LogP contribution in [0.4, 0.5) is 0 Å². The van der Waals surface area contributed by atoms with Gasteiger partial charge in [-0.1, -0.05) is 18.2 Å². The summed E-state index contributed by atoms with van der Waals surface area (Å²) in [5, 5.41) is 20.5. The summed E-state index contributed by atoms with van der Waals surface area (Å²) in [5.41, 5.74) is 8.88. The normalized spacial score (nSPS) is 22.8. The van der Waals surface area contributed by atoms with Crippen molar-refractivity contribution in [3.8, 4) is 17.1 Å². The second-order valence-corrected chi connectivity index (χ2v) is 7.57. The highest BCUT2D eigenvalue weighted by atomic mass is 16.3. The van der Waals surface area contributed by atoms with Crippen LogP contribution in [0, 0.1) is 0 Å². The van der Waals surface area contributed by atoms with Crippen LogP contribution in [0.25, 0.3) is 28.0 Å². The van der Waals surface area contributed by atoms with Crippen LogP contribution < -0.4 is 5.73 Å². The average molecular weight is 377 g/mol. The maximum Gasteiger partial charge on any atom is 0.183 e. The number of aliphatic hydroxyl groups is 1. The number of para-hydroxylation sites is 1. The highest BCUT2D eigenvalue weighted by Crippen LogP contribution is 2.35. The van der Waals surface area contributed by atoms with E-state index < -0.39 is 6.10 Å². The van der Waals surface area contributed by atoms with Crippen LogP contribution >= 0.6 is 0 Å². The molecule has 4 aromatic rings. The van der Waals surface area contributed by atoms with Gasteiger partial charge in [-0.2, -0.15) is 5.10 Å². The van der Waals surface area contributed by atoms with E-state index in [1.807, 2.05) is 42.3 Å². The third-order valence-electron chi connectivity index (χ3n) is 5.63. The molecule has 1 fully saturated rings. The van der Waals surface area contributed by atoms with E-state index in [1.54, 1.807) is 10.9 Å². The highest BCUT2D eigenvalue weighted by molar-refractivity contribution is 5.93. The molecule has 1 aromatic carbocycles. The predicted molar refractivity (Wildman–Crippen MR) is 106 cm³/mol. The number of aromatic nitrogens is 6. The summed E-state index contributed by atoms with van der Waals surface area (Å²) in [6.07, 6.45) is 7.37. The van der Waals surface area contributed by atoms with Crippen LogP contribution in [0.15, 0.2) is 42.9 Å². The Balaban J connectivity index is 1.63. The van der Waals surface area contributed by atoms with Gasteiger partial charge in [0.15, 0.2) is 5.82 Å². The minimum Gasteiger partial charge on any atom is -0.391 e. The summed E-state index contributed by atoms with van der Waals surface area (Å²) in [6, 6.07) is 7.95.